The highest BCUT2D eigenvalue weighted by Gasteiger charge is 2.92. The number of unbranched alkanes of at least 4 members (excludes halogenated alkanes) is 62. The van der Waals surface area contributed by atoms with Gasteiger partial charge in [0.15, 0.2) is 16.9 Å². The molecule has 6 fully saturated rings. The van der Waals surface area contributed by atoms with E-state index in [0.29, 0.717) is 28.2 Å². The molecule has 8 bridgehead atoms. The zero-order chi connectivity index (χ0) is 92.7. The van der Waals surface area contributed by atoms with Gasteiger partial charge >= 0.3 is 25.4 Å². The van der Waals surface area contributed by atoms with E-state index < -0.39 is 64.7 Å². The molecule has 3 aromatic carbocycles. The lowest BCUT2D eigenvalue weighted by Crippen LogP contribution is -2.70. The fourth-order valence-corrected chi connectivity index (χ4v) is 29.2. The highest BCUT2D eigenvalue weighted by Crippen LogP contribution is 2.89. The van der Waals surface area contributed by atoms with Crippen LogP contribution in [0.1, 0.15) is 600 Å². The zero-order valence-corrected chi connectivity index (χ0v) is 89.0. The van der Waals surface area contributed by atoms with Crippen LogP contribution in [0.5, 0.6) is 17.2 Å². The van der Waals surface area contributed by atoms with E-state index in [1.54, 1.807) is 0 Å². The molecule has 12 rings (SSSR count). The summed E-state index contributed by atoms with van der Waals surface area (Å²) in [6.45, 7) is 27.6. The summed E-state index contributed by atoms with van der Waals surface area (Å²) in [6.07, 6.45) is 92.0. The van der Waals surface area contributed by atoms with E-state index in [0.717, 1.165) is 194 Å². The molecule has 0 aliphatic carbocycles. The van der Waals surface area contributed by atoms with Crippen LogP contribution in [0.15, 0.2) is 32.7 Å². The van der Waals surface area contributed by atoms with Gasteiger partial charge in [0, 0.05) is 22.0 Å². The Morgan fingerprint density at radius 3 is 0.900 bits per heavy atom. The molecule has 0 amide bonds. The normalized spacial score (nSPS) is 21.9. The van der Waals surface area contributed by atoms with Crippen molar-refractivity contribution < 1.29 is 55.4 Å². The summed E-state index contributed by atoms with van der Waals surface area (Å²) in [4.78, 5) is 0. The number of aromatic hydroxyl groups is 3. The number of aryl methyl sites for hydroxylation is 5. The van der Waals surface area contributed by atoms with Crippen LogP contribution in [-0.4, -0.2) is 32.5 Å². The van der Waals surface area contributed by atoms with Crippen molar-refractivity contribution in [3.05, 3.63) is 74.3 Å². The highest BCUT2D eigenvalue weighted by molar-refractivity contribution is 7.45. The third kappa shape index (κ3) is 29.4. The Kier molecular flexibility index (Phi) is 51.7. The van der Waals surface area contributed by atoms with E-state index in [4.69, 9.17) is 35.5 Å². The van der Waals surface area contributed by atoms with E-state index in [9.17, 15) is 19.8 Å². The van der Waals surface area contributed by atoms with Gasteiger partial charge in [-0.05, 0) is 143 Å². The van der Waals surface area contributed by atoms with Crippen molar-refractivity contribution in [1.82, 2.24) is 0 Å². The minimum Gasteiger partial charge on any atom is -0.508 e. The molecule has 4 atom stereocenters. The first kappa shape index (κ1) is 111. The SMILES string of the molecule is CCCCCCCCCCCCCC1(CCCCCCCCCCCCC)Op2oc3c(C)c(c(o2)c(C24OP(O2)OC42OP4OC2(C)O4)c3O)C(CCCCCCCCCCCCC)(c2cc(CCCC)c(O)cc2C)C(CCCCCCCCCCCCC)(CCCCCCCCCCCCC)C1(CCCCCCCCCCCCC)c1cc(CCCC)c(O)cc1C. The second-order valence-electron chi connectivity index (χ2n) is 42.5. The van der Waals surface area contributed by atoms with E-state index >= 15 is 0 Å². The van der Waals surface area contributed by atoms with Crippen molar-refractivity contribution in [2.45, 2.75) is 618 Å². The lowest BCUT2D eigenvalue weighted by atomic mass is 9.36. The summed E-state index contributed by atoms with van der Waals surface area (Å²) < 4.78 is 67.9. The number of phenolic OH excluding ortho intramolecular Hbond substituents is 3. The van der Waals surface area contributed by atoms with Gasteiger partial charge in [0.2, 0.25) is 5.79 Å². The maximum atomic E-state index is 14.4. The molecule has 746 valence electrons. The standard InChI is InChI=1S/C115H199O12P3/c1-13-21-29-35-41-47-53-59-65-71-77-85-110(86-78-72-66-60-54-48-42-36-30-22-14-2)112(89-81-75-69-63-57-51-45-39-33-25-17-5,100-93-98(83-27-19-7)102(116)91-95(100)9)104-97(11)107-106(118)105(114-115(127-130(124-114)125-114)109(12)121-129(122-109)126-115)108(104)120-128(119-107)123-111(87-79-73-67-61-55-49-43-37-31-23-15-3,88-80-74-68-62-56-50-44-38-32-24-16-4)113(110,90-82-76-70-64-58-52-46-40-34-26-18-6)101-94-99(84-28-20-8)103(117)92-96(101)10/h91-94,116-118H,13-90H2,1-12H3. The third-order valence-electron chi connectivity index (χ3n) is 32.2. The maximum Gasteiger partial charge on any atom is 0.388 e. The summed E-state index contributed by atoms with van der Waals surface area (Å²) in [5.41, 5.74) is 6.39. The fourth-order valence-electron chi connectivity index (χ4n) is 24.8. The predicted octanol–water partition coefficient (Wildman–Crippen LogP) is 40.1. The van der Waals surface area contributed by atoms with Crippen LogP contribution in [0.3, 0.4) is 0 Å². The monoisotopic (exact) mass is 1870 g/mol. The topological polar surface area (TPSA) is 152 Å². The van der Waals surface area contributed by atoms with Crippen molar-refractivity contribution in [3.8, 4) is 17.2 Å². The van der Waals surface area contributed by atoms with Crippen molar-refractivity contribution in [3.63, 3.8) is 0 Å². The van der Waals surface area contributed by atoms with Gasteiger partial charge in [0.25, 0.3) is 11.6 Å². The van der Waals surface area contributed by atoms with Crippen LogP contribution in [0.25, 0.3) is 11.2 Å². The number of rotatable bonds is 81. The summed E-state index contributed by atoms with van der Waals surface area (Å²) in [5, 5.41) is 40.9. The summed E-state index contributed by atoms with van der Waals surface area (Å²) >= 11 is 0. The number of phenols is 3. The molecule has 1 spiro atoms. The lowest BCUT2D eigenvalue weighted by Gasteiger charge is -2.68. The van der Waals surface area contributed by atoms with E-state index in [1.165, 1.54) is 351 Å². The highest BCUT2D eigenvalue weighted by atomic mass is 31.2. The van der Waals surface area contributed by atoms with Gasteiger partial charge in [-0.1, -0.05) is 504 Å². The van der Waals surface area contributed by atoms with Crippen molar-refractivity contribution >= 4 is 36.6 Å². The zero-order valence-electron chi connectivity index (χ0n) is 86.3. The van der Waals surface area contributed by atoms with Crippen LogP contribution in [0.2, 0.25) is 0 Å². The molecule has 0 saturated carbocycles. The average molecular weight is 1870 g/mol. The molecule has 7 aliphatic rings. The second kappa shape index (κ2) is 60.5. The van der Waals surface area contributed by atoms with Gasteiger partial charge in [0.05, 0.1) is 5.60 Å². The molecule has 9 heterocycles. The van der Waals surface area contributed by atoms with Crippen LogP contribution in [0, 0.1) is 26.2 Å². The van der Waals surface area contributed by atoms with E-state index in [1.807, 2.05) is 6.92 Å². The van der Waals surface area contributed by atoms with Crippen molar-refractivity contribution in [2.24, 2.45) is 5.41 Å². The number of fused-ring (bicyclic) bond motifs is 1. The molecule has 0 radical (unpaired) electrons. The Bertz CT molecular complexity index is 3650. The number of hydrogen-bond donors (Lipinski definition) is 3. The van der Waals surface area contributed by atoms with Crippen LogP contribution >= 0.6 is 25.4 Å². The molecule has 130 heavy (non-hydrogen) atoms. The van der Waals surface area contributed by atoms with E-state index in [-0.39, 0.29) is 5.75 Å². The molecule has 15 heteroatoms. The maximum absolute atomic E-state index is 14.4. The Morgan fingerprint density at radius 1 is 0.277 bits per heavy atom. The minimum absolute atomic E-state index is 0.103. The predicted molar refractivity (Wildman–Crippen MR) is 553 cm³/mol. The molecular weight excluding hydrogens is 1670 g/mol. The van der Waals surface area contributed by atoms with Gasteiger partial charge in [-0.15, -0.1) is 0 Å². The molecule has 3 N–H and O–H groups in total. The number of hydrogen-bond acceptors (Lipinski definition) is 12. The Balaban J connectivity index is 1.46. The van der Waals surface area contributed by atoms with Gasteiger partial charge in [-0.3, -0.25) is 31.7 Å². The average Bonchev–Trinajstić information content (AvgIpc) is 1.46. The minimum atomic E-state index is -2.45. The third-order valence-corrected chi connectivity index (χ3v) is 36.0. The molecule has 12 nitrogen and oxygen atoms in total. The largest absolute Gasteiger partial charge is 0.508 e. The first-order valence-electron chi connectivity index (χ1n) is 56.7. The quantitative estimate of drug-likeness (QED) is 0.0285. The first-order valence-corrected chi connectivity index (χ1v) is 60.0. The smallest absolute Gasteiger partial charge is 0.388 e. The molecule has 7 aliphatic heterocycles. The lowest BCUT2D eigenvalue weighted by molar-refractivity contribution is -0.339. The molecular formula is C115H199O12P3. The summed E-state index contributed by atoms with van der Waals surface area (Å²) in [5.74, 6) is -4.44. The fraction of sp³-hybridized carbons (Fsp3) is 0.843. The van der Waals surface area contributed by atoms with E-state index in [2.05, 4.69) is 100 Å². The van der Waals surface area contributed by atoms with Crippen LogP contribution in [-0.2, 0) is 56.6 Å². The van der Waals surface area contributed by atoms with Gasteiger partial charge in [0.1, 0.15) is 17.1 Å². The summed E-state index contributed by atoms with van der Waals surface area (Å²) in [6, 6.07) is 9.70. The molecule has 6 saturated heterocycles. The van der Waals surface area contributed by atoms with Crippen molar-refractivity contribution in [1.29, 1.82) is 0 Å². The number of benzene rings is 3. The van der Waals surface area contributed by atoms with Gasteiger partial charge < -0.3 is 23.7 Å². The first-order chi connectivity index (χ1) is 63.5. The molecule has 2 aromatic heterocycles. The summed E-state index contributed by atoms with van der Waals surface area (Å²) in [7, 11) is -6.27. The Morgan fingerprint density at radius 2 is 0.562 bits per heavy atom. The Labute approximate surface area is 801 Å². The van der Waals surface area contributed by atoms with Crippen molar-refractivity contribution in [2.75, 3.05) is 0 Å². The Hall–Kier alpha value is -2.46. The van der Waals surface area contributed by atoms with Gasteiger partial charge in [-0.25, -0.2) is 0 Å². The molecule has 4 unspecified atom stereocenters. The second-order valence-corrected chi connectivity index (χ2v) is 45.4. The van der Waals surface area contributed by atoms with Gasteiger partial charge in [-0.2, -0.15) is 0 Å². The van der Waals surface area contributed by atoms with Crippen LogP contribution in [0.4, 0.5) is 0 Å². The van der Waals surface area contributed by atoms with Crippen LogP contribution < -0.4 is 4.52 Å². The molecule has 5 aromatic rings.